The van der Waals surface area contributed by atoms with E-state index in [2.05, 4.69) is 34.3 Å². The fourth-order valence-electron chi connectivity index (χ4n) is 1.65. The third-order valence-electron chi connectivity index (χ3n) is 2.53. The van der Waals surface area contributed by atoms with Gasteiger partial charge in [-0.05, 0) is 25.5 Å². The number of pyridine rings is 1. The number of ether oxygens (including phenoxy) is 1. The Bertz CT molecular complexity index is 522. The number of hydrogen-bond donors (Lipinski definition) is 2. The molecule has 2 rings (SSSR count). The number of hydrogen-bond acceptors (Lipinski definition) is 4. The van der Waals surface area contributed by atoms with Gasteiger partial charge in [-0.15, -0.1) is 5.10 Å². The Kier molecular flexibility index (Phi) is 4.52. The van der Waals surface area contributed by atoms with Crippen LogP contribution in [0.15, 0.2) is 24.3 Å². The van der Waals surface area contributed by atoms with Gasteiger partial charge in [0, 0.05) is 24.4 Å². The van der Waals surface area contributed by atoms with Gasteiger partial charge >= 0.3 is 0 Å². The fraction of sp³-hybridized carbons (Fsp3) is 0.429. The Hall–Kier alpha value is -1.88. The second kappa shape index (κ2) is 6.33. The van der Waals surface area contributed by atoms with Crippen molar-refractivity contribution in [3.8, 4) is 11.8 Å². The van der Waals surface area contributed by atoms with E-state index in [9.17, 15) is 0 Å². The van der Waals surface area contributed by atoms with E-state index in [1.165, 1.54) is 0 Å². The molecule has 5 nitrogen and oxygen atoms in total. The molecule has 0 spiro atoms. The molecule has 2 aromatic heterocycles. The molecule has 102 valence electrons. The van der Waals surface area contributed by atoms with E-state index in [0.29, 0.717) is 17.7 Å². The van der Waals surface area contributed by atoms with Crippen LogP contribution in [0.4, 0.5) is 0 Å². The molecular formula is C14H20N4O. The van der Waals surface area contributed by atoms with Crippen LogP contribution < -0.4 is 10.1 Å². The van der Waals surface area contributed by atoms with Gasteiger partial charge in [-0.1, -0.05) is 19.9 Å². The monoisotopic (exact) mass is 260 g/mol. The second-order valence-electron chi connectivity index (χ2n) is 4.98. The number of aromatic amines is 1. The number of aryl methyl sites for hydroxylation is 1. The molecular weight excluding hydrogens is 240 g/mol. The third-order valence-corrected chi connectivity index (χ3v) is 2.53. The number of rotatable bonds is 6. The highest BCUT2D eigenvalue weighted by molar-refractivity contribution is 5.22. The lowest BCUT2D eigenvalue weighted by Gasteiger charge is -2.08. The Balaban J connectivity index is 1.95. The van der Waals surface area contributed by atoms with Crippen LogP contribution >= 0.6 is 0 Å². The zero-order valence-corrected chi connectivity index (χ0v) is 11.6. The van der Waals surface area contributed by atoms with Crippen LogP contribution in [-0.2, 0) is 6.54 Å². The lowest BCUT2D eigenvalue weighted by molar-refractivity contribution is 0.440. The lowest BCUT2D eigenvalue weighted by Crippen LogP contribution is -2.19. The highest BCUT2D eigenvalue weighted by atomic mass is 16.5. The normalized spacial score (nSPS) is 10.9. The predicted octanol–water partition coefficient (Wildman–Crippen LogP) is 2.65. The lowest BCUT2D eigenvalue weighted by atomic mass is 10.2. The van der Waals surface area contributed by atoms with Crippen molar-refractivity contribution in [2.24, 2.45) is 5.92 Å². The molecule has 0 fully saturated rings. The van der Waals surface area contributed by atoms with Crippen LogP contribution in [-0.4, -0.2) is 21.7 Å². The van der Waals surface area contributed by atoms with Crippen LogP contribution in [0.5, 0.6) is 11.8 Å². The van der Waals surface area contributed by atoms with Gasteiger partial charge in [0.05, 0.1) is 5.69 Å². The van der Waals surface area contributed by atoms with Crippen molar-refractivity contribution in [2.75, 3.05) is 6.54 Å². The topological polar surface area (TPSA) is 62.8 Å². The Morgan fingerprint density at radius 2 is 2.16 bits per heavy atom. The standard InChI is InChI=1S/C14H20N4O/c1-10(2)8-15-9-12-5-4-6-13(16-12)19-14-7-11(3)17-18-14/h4-7,10,15H,8-9H2,1-3H3,(H,17,18). The van der Waals surface area contributed by atoms with Gasteiger partial charge in [0.15, 0.2) is 0 Å². The van der Waals surface area contributed by atoms with Gasteiger partial charge in [-0.25, -0.2) is 4.98 Å². The summed E-state index contributed by atoms with van der Waals surface area (Å²) in [7, 11) is 0. The van der Waals surface area contributed by atoms with Gasteiger partial charge in [-0.2, -0.15) is 0 Å². The summed E-state index contributed by atoms with van der Waals surface area (Å²) in [5.74, 6) is 1.74. The van der Waals surface area contributed by atoms with E-state index in [1.54, 1.807) is 0 Å². The first-order valence-electron chi connectivity index (χ1n) is 6.50. The molecule has 2 N–H and O–H groups in total. The van der Waals surface area contributed by atoms with E-state index < -0.39 is 0 Å². The van der Waals surface area contributed by atoms with E-state index in [0.717, 1.165) is 24.5 Å². The molecule has 0 aliphatic carbocycles. The summed E-state index contributed by atoms with van der Waals surface area (Å²) in [6.45, 7) is 8.01. The summed E-state index contributed by atoms with van der Waals surface area (Å²) in [6.07, 6.45) is 0. The van der Waals surface area contributed by atoms with Gasteiger partial charge in [-0.3, -0.25) is 5.10 Å². The molecule has 0 aromatic carbocycles. The van der Waals surface area contributed by atoms with Crippen molar-refractivity contribution < 1.29 is 4.74 Å². The molecule has 19 heavy (non-hydrogen) atoms. The summed E-state index contributed by atoms with van der Waals surface area (Å²) in [5, 5.41) is 10.2. The van der Waals surface area contributed by atoms with Gasteiger partial charge in [0.2, 0.25) is 11.8 Å². The van der Waals surface area contributed by atoms with Crippen LogP contribution in [0.3, 0.4) is 0 Å². The molecule has 0 radical (unpaired) electrons. The van der Waals surface area contributed by atoms with E-state index >= 15 is 0 Å². The minimum Gasteiger partial charge on any atom is -0.419 e. The fourth-order valence-corrected chi connectivity index (χ4v) is 1.65. The molecule has 0 bridgehead atoms. The average Bonchev–Trinajstić information content (AvgIpc) is 2.75. The van der Waals surface area contributed by atoms with E-state index in [4.69, 9.17) is 4.74 Å². The number of aromatic nitrogens is 3. The van der Waals surface area contributed by atoms with Gasteiger partial charge in [0.25, 0.3) is 0 Å². The molecule has 0 amide bonds. The SMILES string of the molecule is Cc1cc(Oc2cccc(CNCC(C)C)n2)n[nH]1. The smallest absolute Gasteiger partial charge is 0.240 e. The first kappa shape index (κ1) is 13.5. The number of nitrogens with zero attached hydrogens (tertiary/aromatic N) is 2. The Morgan fingerprint density at radius 1 is 1.32 bits per heavy atom. The van der Waals surface area contributed by atoms with Crippen molar-refractivity contribution in [1.82, 2.24) is 20.5 Å². The number of H-pyrrole nitrogens is 1. The quantitative estimate of drug-likeness (QED) is 0.838. The highest BCUT2D eigenvalue weighted by Gasteiger charge is 2.03. The minimum atomic E-state index is 0.539. The van der Waals surface area contributed by atoms with Crippen LogP contribution in [0.2, 0.25) is 0 Å². The first-order chi connectivity index (χ1) is 9.13. The largest absolute Gasteiger partial charge is 0.419 e. The first-order valence-corrected chi connectivity index (χ1v) is 6.50. The van der Waals surface area contributed by atoms with Gasteiger partial charge in [0.1, 0.15) is 0 Å². The van der Waals surface area contributed by atoms with Crippen molar-refractivity contribution in [2.45, 2.75) is 27.3 Å². The summed E-state index contributed by atoms with van der Waals surface area (Å²) >= 11 is 0. The predicted molar refractivity (Wildman–Crippen MR) is 74.2 cm³/mol. The highest BCUT2D eigenvalue weighted by Crippen LogP contribution is 2.17. The maximum absolute atomic E-state index is 5.59. The van der Waals surface area contributed by atoms with Crippen LogP contribution in [0, 0.1) is 12.8 Å². The molecule has 0 saturated heterocycles. The maximum atomic E-state index is 5.59. The van der Waals surface area contributed by atoms with Crippen LogP contribution in [0.25, 0.3) is 0 Å². The second-order valence-corrected chi connectivity index (χ2v) is 4.98. The molecule has 0 saturated carbocycles. The van der Waals surface area contributed by atoms with E-state index in [1.807, 2.05) is 31.2 Å². The maximum Gasteiger partial charge on any atom is 0.240 e. The molecule has 2 heterocycles. The minimum absolute atomic E-state index is 0.539. The molecule has 2 aromatic rings. The summed E-state index contributed by atoms with van der Waals surface area (Å²) in [6, 6.07) is 7.59. The van der Waals surface area contributed by atoms with Crippen molar-refractivity contribution in [1.29, 1.82) is 0 Å². The van der Waals surface area contributed by atoms with Crippen molar-refractivity contribution >= 4 is 0 Å². The van der Waals surface area contributed by atoms with Crippen molar-refractivity contribution in [3.05, 3.63) is 35.7 Å². The number of nitrogens with one attached hydrogen (secondary N) is 2. The summed E-state index contributed by atoms with van der Waals surface area (Å²) in [5.41, 5.74) is 1.93. The third kappa shape index (κ3) is 4.37. The Morgan fingerprint density at radius 3 is 2.84 bits per heavy atom. The Labute approximate surface area is 113 Å². The molecule has 0 aliphatic heterocycles. The van der Waals surface area contributed by atoms with E-state index in [-0.39, 0.29) is 0 Å². The zero-order valence-electron chi connectivity index (χ0n) is 11.6. The van der Waals surface area contributed by atoms with Crippen LogP contribution in [0.1, 0.15) is 25.2 Å². The van der Waals surface area contributed by atoms with Crippen molar-refractivity contribution in [3.63, 3.8) is 0 Å². The molecule has 0 unspecified atom stereocenters. The van der Waals surface area contributed by atoms with Gasteiger partial charge < -0.3 is 10.1 Å². The molecule has 0 aliphatic rings. The summed E-state index contributed by atoms with van der Waals surface area (Å²) in [4.78, 5) is 4.44. The molecule has 0 atom stereocenters. The summed E-state index contributed by atoms with van der Waals surface area (Å²) < 4.78 is 5.59. The zero-order chi connectivity index (χ0) is 13.7. The average molecular weight is 260 g/mol. The molecule has 5 heteroatoms.